The molecule has 178 valence electrons. The first kappa shape index (κ1) is 23.6. The van der Waals surface area contributed by atoms with Crippen LogP contribution in [0.25, 0.3) is 10.9 Å². The summed E-state index contributed by atoms with van der Waals surface area (Å²) in [6, 6.07) is 9.04. The molecule has 1 saturated heterocycles. The number of nitrogens with zero attached hydrogens (tertiary/aromatic N) is 2. The number of rotatable bonds is 6. The van der Waals surface area contributed by atoms with Crippen LogP contribution < -0.4 is 21.1 Å². The fourth-order valence-electron chi connectivity index (χ4n) is 4.13. The van der Waals surface area contributed by atoms with Crippen LogP contribution in [0.5, 0.6) is 0 Å². The van der Waals surface area contributed by atoms with Gasteiger partial charge in [0.1, 0.15) is 11.9 Å². The molecule has 3 aromatic rings. The smallest absolute Gasteiger partial charge is 0.251 e. The van der Waals surface area contributed by atoms with Crippen LogP contribution in [0.1, 0.15) is 18.0 Å². The molecule has 0 aliphatic carbocycles. The van der Waals surface area contributed by atoms with Crippen molar-refractivity contribution in [2.24, 2.45) is 13.0 Å². The zero-order valence-electron chi connectivity index (χ0n) is 19.6. The quantitative estimate of drug-likeness (QED) is 0.470. The normalized spacial score (nSPS) is 16.9. The van der Waals surface area contributed by atoms with Crippen molar-refractivity contribution in [2.45, 2.75) is 32.1 Å². The Kier molecular flexibility index (Phi) is 6.26. The molecule has 1 fully saturated rings. The molecule has 8 nitrogen and oxygen atoms in total. The summed E-state index contributed by atoms with van der Waals surface area (Å²) in [6.07, 6.45) is 1.75. The molecule has 2 unspecified atom stereocenters. The summed E-state index contributed by atoms with van der Waals surface area (Å²) in [5.74, 6) is -2.02. The molecular formula is C24H28FN5O3Si. The highest BCUT2D eigenvalue weighted by molar-refractivity contribution is 6.88. The number of hydrogen-bond donors (Lipinski definition) is 3. The van der Waals surface area contributed by atoms with Gasteiger partial charge in [0.25, 0.3) is 5.91 Å². The third-order valence-electron chi connectivity index (χ3n) is 6.05. The van der Waals surface area contributed by atoms with Gasteiger partial charge in [-0.3, -0.25) is 19.1 Å². The summed E-state index contributed by atoms with van der Waals surface area (Å²) >= 11 is 0. The SMILES string of the molecule is Cn1ncc2cc(C(NC(=O)C3CNC(=O)C3)C(=O)Nc3ccc([Si](C)(C)C)c(F)c3)ccc21. The maximum Gasteiger partial charge on any atom is 0.251 e. The third kappa shape index (κ3) is 4.86. The molecule has 3 N–H and O–H groups in total. The number of amides is 3. The molecule has 34 heavy (non-hydrogen) atoms. The van der Waals surface area contributed by atoms with E-state index in [1.807, 2.05) is 32.8 Å². The van der Waals surface area contributed by atoms with Crippen LogP contribution >= 0.6 is 0 Å². The van der Waals surface area contributed by atoms with Crippen LogP contribution in [0.15, 0.2) is 42.6 Å². The van der Waals surface area contributed by atoms with Gasteiger partial charge >= 0.3 is 0 Å². The number of aromatic nitrogens is 2. The van der Waals surface area contributed by atoms with Crippen LogP contribution in [0.2, 0.25) is 19.6 Å². The second kappa shape index (κ2) is 9.01. The fourth-order valence-corrected chi connectivity index (χ4v) is 5.50. The van der Waals surface area contributed by atoms with Crippen molar-refractivity contribution in [1.29, 1.82) is 0 Å². The summed E-state index contributed by atoms with van der Waals surface area (Å²) < 4.78 is 16.4. The number of carbonyl (C=O) groups is 3. The number of benzene rings is 2. The molecule has 2 aromatic carbocycles. The van der Waals surface area contributed by atoms with Gasteiger partial charge in [0.05, 0.1) is 25.7 Å². The minimum Gasteiger partial charge on any atom is -0.355 e. The molecule has 2 heterocycles. The first-order valence-corrected chi connectivity index (χ1v) is 14.6. The van der Waals surface area contributed by atoms with Gasteiger partial charge in [-0.2, -0.15) is 5.10 Å². The van der Waals surface area contributed by atoms with E-state index >= 15 is 0 Å². The van der Waals surface area contributed by atoms with Crippen LogP contribution in [0, 0.1) is 11.7 Å². The predicted octanol–water partition coefficient (Wildman–Crippen LogP) is 2.19. The number of anilines is 1. The maximum atomic E-state index is 14.7. The zero-order valence-corrected chi connectivity index (χ0v) is 20.6. The van der Waals surface area contributed by atoms with E-state index in [1.54, 1.807) is 35.1 Å². The van der Waals surface area contributed by atoms with Crippen molar-refractivity contribution < 1.29 is 18.8 Å². The Morgan fingerprint density at radius 2 is 1.97 bits per heavy atom. The van der Waals surface area contributed by atoms with E-state index in [-0.39, 0.29) is 24.7 Å². The molecule has 4 rings (SSSR count). The summed E-state index contributed by atoms with van der Waals surface area (Å²) in [5, 5.41) is 13.9. The molecule has 1 aliphatic rings. The van der Waals surface area contributed by atoms with E-state index in [0.717, 1.165) is 10.9 Å². The molecule has 0 saturated carbocycles. The Hall–Kier alpha value is -3.53. The second-order valence-corrected chi connectivity index (χ2v) is 14.7. The summed E-state index contributed by atoms with van der Waals surface area (Å²) in [6.45, 7) is 6.37. The Bertz CT molecular complexity index is 1280. The lowest BCUT2D eigenvalue weighted by molar-refractivity contribution is -0.129. The lowest BCUT2D eigenvalue weighted by Gasteiger charge is -2.22. The Morgan fingerprint density at radius 3 is 2.62 bits per heavy atom. The number of aryl methyl sites for hydroxylation is 1. The minimum absolute atomic E-state index is 0.0746. The Labute approximate surface area is 197 Å². The predicted molar refractivity (Wildman–Crippen MR) is 131 cm³/mol. The van der Waals surface area contributed by atoms with Gasteiger partial charge < -0.3 is 16.0 Å². The molecule has 1 aliphatic heterocycles. The molecule has 10 heteroatoms. The van der Waals surface area contributed by atoms with Gasteiger partial charge in [-0.1, -0.05) is 31.8 Å². The molecular weight excluding hydrogens is 453 g/mol. The van der Waals surface area contributed by atoms with E-state index in [0.29, 0.717) is 16.4 Å². The fraction of sp³-hybridized carbons (Fsp3) is 0.333. The average molecular weight is 482 g/mol. The highest BCUT2D eigenvalue weighted by Gasteiger charge is 2.32. The first-order valence-electron chi connectivity index (χ1n) is 11.1. The van der Waals surface area contributed by atoms with E-state index in [1.165, 1.54) is 6.07 Å². The highest BCUT2D eigenvalue weighted by Crippen LogP contribution is 2.23. The average Bonchev–Trinajstić information content (AvgIpc) is 3.36. The molecule has 3 amide bonds. The molecule has 0 bridgehead atoms. The van der Waals surface area contributed by atoms with Gasteiger partial charge in [0.2, 0.25) is 11.8 Å². The zero-order chi connectivity index (χ0) is 24.6. The van der Waals surface area contributed by atoms with E-state index in [4.69, 9.17) is 0 Å². The van der Waals surface area contributed by atoms with E-state index in [9.17, 15) is 18.8 Å². The molecule has 0 radical (unpaired) electrons. The van der Waals surface area contributed by atoms with Gasteiger partial charge in [-0.15, -0.1) is 0 Å². The van der Waals surface area contributed by atoms with Crippen molar-refractivity contribution in [2.75, 3.05) is 11.9 Å². The number of carbonyl (C=O) groups excluding carboxylic acids is 3. The number of nitrogens with one attached hydrogen (secondary N) is 3. The van der Waals surface area contributed by atoms with Crippen molar-refractivity contribution in [3.63, 3.8) is 0 Å². The molecule has 1 aromatic heterocycles. The van der Waals surface area contributed by atoms with Crippen LogP contribution in [0.4, 0.5) is 10.1 Å². The van der Waals surface area contributed by atoms with Gasteiger partial charge in [0, 0.05) is 31.1 Å². The Balaban J connectivity index is 1.62. The standard InChI is InChI=1S/C24H28FN5O3Si/c1-30-19-7-5-14(9-15(19)13-27-30)22(29-23(32)16-10-21(31)26-12-16)24(33)28-17-6-8-20(18(25)11-17)34(2,3)4/h5-9,11,13,16,22H,10,12H2,1-4H3,(H,26,31)(H,28,33)(H,29,32). The monoisotopic (exact) mass is 481 g/mol. The molecule has 0 spiro atoms. The lowest BCUT2D eigenvalue weighted by atomic mass is 10.0. The van der Waals surface area contributed by atoms with Gasteiger partial charge in [-0.25, -0.2) is 4.39 Å². The maximum absolute atomic E-state index is 14.7. The van der Waals surface area contributed by atoms with Crippen LogP contribution in [-0.4, -0.2) is 42.1 Å². The summed E-state index contributed by atoms with van der Waals surface area (Å²) in [4.78, 5) is 37.7. The van der Waals surface area contributed by atoms with Crippen molar-refractivity contribution in [3.05, 3.63) is 54.0 Å². The van der Waals surface area contributed by atoms with Crippen LogP contribution in [0.3, 0.4) is 0 Å². The van der Waals surface area contributed by atoms with Crippen molar-refractivity contribution in [3.8, 4) is 0 Å². The van der Waals surface area contributed by atoms with Crippen LogP contribution in [-0.2, 0) is 21.4 Å². The largest absolute Gasteiger partial charge is 0.355 e. The van der Waals surface area contributed by atoms with E-state index in [2.05, 4.69) is 21.0 Å². The van der Waals surface area contributed by atoms with Crippen molar-refractivity contribution >= 4 is 47.6 Å². The molecule has 2 atom stereocenters. The lowest BCUT2D eigenvalue weighted by Crippen LogP contribution is -2.41. The minimum atomic E-state index is -1.87. The summed E-state index contributed by atoms with van der Waals surface area (Å²) in [5.41, 5.74) is 1.75. The number of halogens is 1. The summed E-state index contributed by atoms with van der Waals surface area (Å²) in [7, 11) is -0.0518. The Morgan fingerprint density at radius 1 is 1.21 bits per heavy atom. The second-order valence-electron chi connectivity index (χ2n) is 9.67. The first-order chi connectivity index (χ1) is 16.0. The third-order valence-corrected chi connectivity index (χ3v) is 8.07. The topological polar surface area (TPSA) is 105 Å². The van der Waals surface area contributed by atoms with Gasteiger partial charge in [0.15, 0.2) is 0 Å². The highest BCUT2D eigenvalue weighted by atomic mass is 28.3. The number of fused-ring (bicyclic) bond motifs is 1. The van der Waals surface area contributed by atoms with E-state index < -0.39 is 31.8 Å². The van der Waals surface area contributed by atoms with Gasteiger partial charge in [-0.05, 0) is 35.0 Å². The number of hydrogen-bond acceptors (Lipinski definition) is 4. The van der Waals surface area contributed by atoms with Crippen molar-refractivity contribution in [1.82, 2.24) is 20.4 Å².